The zero-order valence-electron chi connectivity index (χ0n) is 13.0. The van der Waals surface area contributed by atoms with Gasteiger partial charge in [-0.3, -0.25) is 9.48 Å². The highest BCUT2D eigenvalue weighted by atomic mass is 79.9. The molecule has 0 bridgehead atoms. The summed E-state index contributed by atoms with van der Waals surface area (Å²) >= 11 is 3.53. The molecule has 0 saturated carbocycles. The van der Waals surface area contributed by atoms with Crippen LogP contribution in [0.4, 0.5) is 5.69 Å². The van der Waals surface area contributed by atoms with Crippen LogP contribution in [0.5, 0.6) is 0 Å². The molecular formula is C16H22BrN3O. The first kappa shape index (κ1) is 15.9. The van der Waals surface area contributed by atoms with Crippen LogP contribution in [0.1, 0.15) is 39.0 Å². The van der Waals surface area contributed by atoms with Crippen LogP contribution in [-0.4, -0.2) is 9.36 Å². The Kier molecular flexibility index (Phi) is 4.33. The lowest BCUT2D eigenvalue weighted by atomic mass is 9.91. The van der Waals surface area contributed by atoms with E-state index >= 15 is 0 Å². The summed E-state index contributed by atoms with van der Waals surface area (Å²) in [5.41, 5.74) is 8.13. The molecule has 2 rings (SSSR count). The first-order valence-electron chi connectivity index (χ1n) is 7.10. The molecule has 2 N–H and O–H groups in total. The average molecular weight is 352 g/mol. The molecule has 1 aromatic carbocycles. The summed E-state index contributed by atoms with van der Waals surface area (Å²) in [7, 11) is 0. The van der Waals surface area contributed by atoms with Gasteiger partial charge in [0.05, 0.1) is 12.2 Å². The minimum Gasteiger partial charge on any atom is -0.393 e. The number of benzene rings is 1. The van der Waals surface area contributed by atoms with Gasteiger partial charge in [-0.05, 0) is 18.6 Å². The van der Waals surface area contributed by atoms with Gasteiger partial charge in [-0.25, -0.2) is 4.68 Å². The van der Waals surface area contributed by atoms with Crippen LogP contribution in [-0.2, 0) is 18.5 Å². The van der Waals surface area contributed by atoms with Gasteiger partial charge in [-0.2, -0.15) is 0 Å². The van der Waals surface area contributed by atoms with Gasteiger partial charge in [0.15, 0.2) is 0 Å². The number of nitrogens with zero attached hydrogens (tertiary/aromatic N) is 2. The van der Waals surface area contributed by atoms with Crippen LogP contribution in [0.15, 0.2) is 33.5 Å². The summed E-state index contributed by atoms with van der Waals surface area (Å²) in [5, 5.41) is 0. The normalized spacial score (nSPS) is 11.9. The van der Waals surface area contributed by atoms with Crippen molar-refractivity contribution in [2.24, 2.45) is 0 Å². The fourth-order valence-corrected chi connectivity index (χ4v) is 3.09. The molecule has 0 radical (unpaired) electrons. The topological polar surface area (TPSA) is 52.9 Å². The van der Waals surface area contributed by atoms with Gasteiger partial charge < -0.3 is 5.73 Å². The lowest BCUT2D eigenvalue weighted by Crippen LogP contribution is -2.26. The van der Waals surface area contributed by atoms with E-state index in [9.17, 15) is 4.79 Å². The molecule has 0 aliphatic carbocycles. The fraction of sp³-hybridized carbons (Fsp3) is 0.438. The lowest BCUT2D eigenvalue weighted by molar-refractivity contribution is 0.428. The van der Waals surface area contributed by atoms with Crippen molar-refractivity contribution < 1.29 is 0 Å². The van der Waals surface area contributed by atoms with Crippen molar-refractivity contribution >= 4 is 21.6 Å². The van der Waals surface area contributed by atoms with E-state index in [1.54, 1.807) is 4.68 Å². The molecule has 0 spiro atoms. The number of halogens is 1. The molecular weight excluding hydrogens is 330 g/mol. The number of nitrogen functional groups attached to an aromatic ring is 1. The van der Waals surface area contributed by atoms with Crippen LogP contribution in [0.25, 0.3) is 0 Å². The van der Waals surface area contributed by atoms with E-state index in [-0.39, 0.29) is 11.0 Å². The third kappa shape index (κ3) is 2.93. The molecule has 0 fully saturated rings. The van der Waals surface area contributed by atoms with Gasteiger partial charge in [0.1, 0.15) is 5.69 Å². The number of rotatable bonds is 3. The second-order valence-corrected chi connectivity index (χ2v) is 7.04. The predicted molar refractivity (Wildman–Crippen MR) is 90.7 cm³/mol. The Morgan fingerprint density at radius 1 is 1.19 bits per heavy atom. The molecule has 114 valence electrons. The van der Waals surface area contributed by atoms with Crippen LogP contribution in [0, 0.1) is 0 Å². The molecule has 1 aromatic heterocycles. The van der Waals surface area contributed by atoms with Crippen molar-refractivity contribution in [3.8, 4) is 0 Å². The molecule has 21 heavy (non-hydrogen) atoms. The number of nitrogens with two attached hydrogens (primary N) is 1. The van der Waals surface area contributed by atoms with Crippen LogP contribution >= 0.6 is 15.9 Å². The van der Waals surface area contributed by atoms with Gasteiger partial charge >= 0.3 is 0 Å². The summed E-state index contributed by atoms with van der Waals surface area (Å²) in [6.45, 7) is 9.48. The van der Waals surface area contributed by atoms with Crippen molar-refractivity contribution in [1.82, 2.24) is 9.36 Å². The minimum atomic E-state index is -0.168. The molecule has 1 heterocycles. The first-order valence-corrected chi connectivity index (χ1v) is 7.89. The quantitative estimate of drug-likeness (QED) is 0.921. The van der Waals surface area contributed by atoms with Gasteiger partial charge in [0.2, 0.25) is 0 Å². The van der Waals surface area contributed by atoms with E-state index in [1.807, 2.05) is 35.9 Å². The second-order valence-electron chi connectivity index (χ2n) is 6.18. The lowest BCUT2D eigenvalue weighted by Gasteiger charge is -2.23. The number of aromatic nitrogens is 2. The number of anilines is 1. The molecule has 0 saturated heterocycles. The van der Waals surface area contributed by atoms with Crippen molar-refractivity contribution in [3.05, 3.63) is 50.3 Å². The van der Waals surface area contributed by atoms with E-state index in [1.165, 1.54) is 0 Å². The largest absolute Gasteiger partial charge is 0.393 e. The zero-order valence-corrected chi connectivity index (χ0v) is 14.6. The Morgan fingerprint density at radius 2 is 1.81 bits per heavy atom. The van der Waals surface area contributed by atoms with Crippen LogP contribution in [0.3, 0.4) is 0 Å². The summed E-state index contributed by atoms with van der Waals surface area (Å²) in [4.78, 5) is 12.5. The molecule has 0 aliphatic heterocycles. The summed E-state index contributed by atoms with van der Waals surface area (Å²) in [5.74, 6) is 0. The minimum absolute atomic E-state index is 0.113. The standard InChI is InChI=1S/C16H22BrN3O/c1-5-19-14(16(2,3)4)13(18)15(21)20(19)10-11-8-6-7-9-12(11)17/h6-9H,5,10,18H2,1-4H3. The number of hydrogen-bond donors (Lipinski definition) is 1. The third-order valence-corrected chi connectivity index (χ3v) is 4.33. The molecule has 5 heteroatoms. The number of hydrogen-bond acceptors (Lipinski definition) is 2. The van der Waals surface area contributed by atoms with Gasteiger partial charge in [0.25, 0.3) is 5.56 Å². The molecule has 2 aromatic rings. The highest BCUT2D eigenvalue weighted by molar-refractivity contribution is 9.10. The Labute approximate surface area is 133 Å². The Bertz CT molecular complexity index is 707. The average Bonchev–Trinajstić information content (AvgIpc) is 2.65. The van der Waals surface area contributed by atoms with Crippen LogP contribution in [0.2, 0.25) is 0 Å². The van der Waals surface area contributed by atoms with Crippen LogP contribution < -0.4 is 11.3 Å². The molecule has 0 unspecified atom stereocenters. The van der Waals surface area contributed by atoms with Gasteiger partial charge in [-0.1, -0.05) is 54.9 Å². The molecule has 0 atom stereocenters. The van der Waals surface area contributed by atoms with E-state index in [0.29, 0.717) is 18.8 Å². The Hall–Kier alpha value is -1.49. The first-order chi connectivity index (χ1) is 9.77. The van der Waals surface area contributed by atoms with Crippen molar-refractivity contribution in [3.63, 3.8) is 0 Å². The maximum atomic E-state index is 12.5. The van der Waals surface area contributed by atoms with Crippen molar-refractivity contribution in [1.29, 1.82) is 0 Å². The summed E-state index contributed by atoms with van der Waals surface area (Å²) < 4.78 is 4.73. The summed E-state index contributed by atoms with van der Waals surface area (Å²) in [6.07, 6.45) is 0. The Balaban J connectivity index is 2.60. The van der Waals surface area contributed by atoms with Gasteiger partial charge in [0, 0.05) is 16.4 Å². The highest BCUT2D eigenvalue weighted by Crippen LogP contribution is 2.27. The van der Waals surface area contributed by atoms with E-state index in [0.717, 1.165) is 15.7 Å². The molecule has 4 nitrogen and oxygen atoms in total. The third-order valence-electron chi connectivity index (χ3n) is 3.56. The van der Waals surface area contributed by atoms with Crippen molar-refractivity contribution in [2.75, 3.05) is 5.73 Å². The molecule has 0 aliphatic rings. The maximum absolute atomic E-state index is 12.5. The SMILES string of the molecule is CCn1c(C(C)(C)C)c(N)c(=O)n1Cc1ccccc1Br. The highest BCUT2D eigenvalue weighted by Gasteiger charge is 2.26. The monoisotopic (exact) mass is 351 g/mol. The second kappa shape index (κ2) is 5.72. The zero-order chi connectivity index (χ0) is 15.8. The van der Waals surface area contributed by atoms with E-state index in [4.69, 9.17) is 5.73 Å². The Morgan fingerprint density at radius 3 is 2.33 bits per heavy atom. The predicted octanol–water partition coefficient (Wildman–Crippen LogP) is 3.36. The van der Waals surface area contributed by atoms with E-state index < -0.39 is 0 Å². The summed E-state index contributed by atoms with van der Waals surface area (Å²) in [6, 6.07) is 7.92. The smallest absolute Gasteiger partial charge is 0.290 e. The van der Waals surface area contributed by atoms with Gasteiger partial charge in [-0.15, -0.1) is 0 Å². The fourth-order valence-electron chi connectivity index (χ4n) is 2.67. The van der Waals surface area contributed by atoms with E-state index in [2.05, 4.69) is 36.7 Å². The maximum Gasteiger partial charge on any atom is 0.290 e. The van der Waals surface area contributed by atoms with Crippen molar-refractivity contribution in [2.45, 2.75) is 46.2 Å². The molecule has 0 amide bonds.